The van der Waals surface area contributed by atoms with Gasteiger partial charge in [-0.2, -0.15) is 0 Å². The second-order valence-corrected chi connectivity index (χ2v) is 5.30. The Balaban J connectivity index is 2.58. The van der Waals surface area contributed by atoms with E-state index < -0.39 is 22.8 Å². The van der Waals surface area contributed by atoms with Crippen molar-refractivity contribution in [1.29, 1.82) is 0 Å². The normalized spacial score (nSPS) is 18.1. The van der Waals surface area contributed by atoms with Gasteiger partial charge in [0, 0.05) is 13.1 Å². The van der Waals surface area contributed by atoms with Gasteiger partial charge in [0.15, 0.2) is 11.7 Å². The highest BCUT2D eigenvalue weighted by molar-refractivity contribution is 8.11. The molecule has 1 rings (SSSR count). The summed E-state index contributed by atoms with van der Waals surface area (Å²) in [6, 6.07) is 0. The van der Waals surface area contributed by atoms with E-state index in [4.69, 9.17) is 4.74 Å². The van der Waals surface area contributed by atoms with Crippen molar-refractivity contribution in [3.63, 3.8) is 0 Å². The molecule has 0 aromatic carbocycles. The number of piperidine rings is 1. The van der Waals surface area contributed by atoms with Crippen molar-refractivity contribution in [3.8, 4) is 0 Å². The number of Topliss-reactive ketones (excluding diaryl/α,β-unsaturated/α-hetero) is 1. The van der Waals surface area contributed by atoms with Gasteiger partial charge in [-0.1, -0.05) is 6.42 Å². The van der Waals surface area contributed by atoms with Gasteiger partial charge in [0.1, 0.15) is 0 Å². The Bertz CT molecular complexity index is 326. The van der Waals surface area contributed by atoms with Gasteiger partial charge in [-0.3, -0.25) is 14.4 Å². The minimum Gasteiger partial charge on any atom is -0.465 e. The van der Waals surface area contributed by atoms with E-state index in [1.54, 1.807) is 6.92 Å². The Morgan fingerprint density at radius 1 is 1.22 bits per heavy atom. The lowest BCUT2D eigenvalue weighted by molar-refractivity contribution is -0.152. The van der Waals surface area contributed by atoms with Gasteiger partial charge < -0.3 is 4.74 Å². The Morgan fingerprint density at radius 2 is 1.83 bits per heavy atom. The van der Waals surface area contributed by atoms with Crippen LogP contribution in [0.1, 0.15) is 33.1 Å². The van der Waals surface area contributed by atoms with Gasteiger partial charge in [-0.25, -0.2) is 4.31 Å². The summed E-state index contributed by atoms with van der Waals surface area (Å²) < 4.78 is 6.68. The SMILES string of the molecule is CCOC(=O)C(C(C)=O)C(=O)SN1CCCCC1. The van der Waals surface area contributed by atoms with E-state index in [2.05, 4.69) is 0 Å². The highest BCUT2D eigenvalue weighted by Gasteiger charge is 2.34. The van der Waals surface area contributed by atoms with Gasteiger partial charge >= 0.3 is 5.97 Å². The first-order valence-corrected chi connectivity index (χ1v) is 6.97. The van der Waals surface area contributed by atoms with E-state index in [-0.39, 0.29) is 6.61 Å². The highest BCUT2D eigenvalue weighted by Crippen LogP contribution is 2.22. The molecule has 0 saturated carbocycles. The minimum atomic E-state index is -1.28. The van der Waals surface area contributed by atoms with Crippen LogP contribution in [0.2, 0.25) is 0 Å². The quantitative estimate of drug-likeness (QED) is 0.429. The Morgan fingerprint density at radius 3 is 2.33 bits per heavy atom. The predicted octanol–water partition coefficient (Wildman–Crippen LogP) is 1.42. The largest absolute Gasteiger partial charge is 0.465 e. The highest BCUT2D eigenvalue weighted by atomic mass is 32.2. The molecule has 1 unspecified atom stereocenters. The van der Waals surface area contributed by atoms with Crippen LogP contribution in [0.25, 0.3) is 0 Å². The zero-order chi connectivity index (χ0) is 13.5. The summed E-state index contributed by atoms with van der Waals surface area (Å²) in [5.74, 6) is -2.47. The first-order valence-electron chi connectivity index (χ1n) is 6.20. The molecule has 0 aliphatic carbocycles. The summed E-state index contributed by atoms with van der Waals surface area (Å²) in [7, 11) is 0. The van der Waals surface area contributed by atoms with Crippen molar-refractivity contribution in [2.45, 2.75) is 33.1 Å². The number of nitrogens with zero attached hydrogens (tertiary/aromatic N) is 1. The van der Waals surface area contributed by atoms with Gasteiger partial charge in [-0.15, -0.1) is 0 Å². The molecular weight excluding hydrogens is 254 g/mol. The van der Waals surface area contributed by atoms with Crippen LogP contribution in [-0.4, -0.2) is 40.9 Å². The number of carbonyl (C=O) groups excluding carboxylic acids is 3. The fourth-order valence-electron chi connectivity index (χ4n) is 1.79. The maximum Gasteiger partial charge on any atom is 0.325 e. The summed E-state index contributed by atoms with van der Waals surface area (Å²) in [4.78, 5) is 34.9. The van der Waals surface area contributed by atoms with E-state index in [9.17, 15) is 14.4 Å². The number of ether oxygens (including phenoxy) is 1. The number of rotatable bonds is 5. The molecule has 1 heterocycles. The number of carbonyl (C=O) groups is 3. The van der Waals surface area contributed by atoms with Crippen LogP contribution < -0.4 is 0 Å². The van der Waals surface area contributed by atoms with Crippen molar-refractivity contribution in [2.75, 3.05) is 19.7 Å². The monoisotopic (exact) mass is 273 g/mol. The summed E-state index contributed by atoms with van der Waals surface area (Å²) in [5.41, 5.74) is 0. The van der Waals surface area contributed by atoms with Gasteiger partial charge in [-0.05, 0) is 38.6 Å². The maximum atomic E-state index is 12.0. The van der Waals surface area contributed by atoms with E-state index in [0.717, 1.165) is 37.9 Å². The molecule has 6 heteroatoms. The molecule has 0 amide bonds. The fourth-order valence-corrected chi connectivity index (χ4v) is 2.85. The van der Waals surface area contributed by atoms with Crippen molar-refractivity contribution in [2.24, 2.45) is 5.92 Å². The molecule has 0 bridgehead atoms. The summed E-state index contributed by atoms with van der Waals surface area (Å²) >= 11 is 0.984. The third-order valence-corrected chi connectivity index (χ3v) is 3.74. The second-order valence-electron chi connectivity index (χ2n) is 4.20. The van der Waals surface area contributed by atoms with Crippen molar-refractivity contribution in [1.82, 2.24) is 4.31 Å². The molecule has 5 nitrogen and oxygen atoms in total. The zero-order valence-corrected chi connectivity index (χ0v) is 11.6. The number of esters is 1. The molecule has 0 spiro atoms. The van der Waals surface area contributed by atoms with Crippen LogP contribution in [0.5, 0.6) is 0 Å². The zero-order valence-electron chi connectivity index (χ0n) is 10.8. The molecule has 0 aromatic heterocycles. The van der Waals surface area contributed by atoms with Gasteiger partial charge in [0.25, 0.3) is 0 Å². The van der Waals surface area contributed by atoms with Crippen LogP contribution >= 0.6 is 11.9 Å². The first kappa shape index (κ1) is 15.2. The molecule has 0 radical (unpaired) electrons. The lowest BCUT2D eigenvalue weighted by atomic mass is 10.1. The molecule has 1 aliphatic rings. The molecule has 18 heavy (non-hydrogen) atoms. The van der Waals surface area contributed by atoms with Crippen LogP contribution in [0.15, 0.2) is 0 Å². The smallest absolute Gasteiger partial charge is 0.325 e. The van der Waals surface area contributed by atoms with Crippen LogP contribution in [0, 0.1) is 5.92 Å². The molecule has 0 aromatic rings. The van der Waals surface area contributed by atoms with Crippen molar-refractivity contribution in [3.05, 3.63) is 0 Å². The molecule has 0 N–H and O–H groups in total. The van der Waals surface area contributed by atoms with E-state index >= 15 is 0 Å². The number of ketones is 1. The molecule has 1 aliphatic heterocycles. The lowest BCUT2D eigenvalue weighted by Crippen LogP contribution is -2.34. The summed E-state index contributed by atoms with van der Waals surface area (Å²) in [6.45, 7) is 4.71. The van der Waals surface area contributed by atoms with Gasteiger partial charge in [0.05, 0.1) is 6.61 Å². The van der Waals surface area contributed by atoms with Crippen LogP contribution in [0.4, 0.5) is 0 Å². The molecule has 1 saturated heterocycles. The Labute approximate surface area is 111 Å². The van der Waals surface area contributed by atoms with Crippen LogP contribution in [0.3, 0.4) is 0 Å². The van der Waals surface area contributed by atoms with Crippen LogP contribution in [-0.2, 0) is 19.1 Å². The third kappa shape index (κ3) is 4.42. The second kappa shape index (κ2) is 7.53. The summed E-state index contributed by atoms with van der Waals surface area (Å²) in [5, 5.41) is -0.428. The topological polar surface area (TPSA) is 63.7 Å². The number of hydrogen-bond donors (Lipinski definition) is 0. The summed E-state index contributed by atoms with van der Waals surface area (Å²) in [6.07, 6.45) is 3.26. The average Bonchev–Trinajstić information content (AvgIpc) is 2.30. The van der Waals surface area contributed by atoms with Gasteiger partial charge in [0.2, 0.25) is 5.12 Å². The lowest BCUT2D eigenvalue weighted by Gasteiger charge is -2.25. The third-order valence-electron chi connectivity index (χ3n) is 2.70. The Kier molecular flexibility index (Phi) is 6.35. The average molecular weight is 273 g/mol. The fraction of sp³-hybridized carbons (Fsp3) is 0.750. The Hall–Kier alpha value is -0.880. The molecule has 1 fully saturated rings. The standard InChI is InChI=1S/C12H19NO4S/c1-3-17-11(15)10(9(2)14)12(16)18-13-7-5-4-6-8-13/h10H,3-8H2,1-2H3. The molecule has 1 atom stereocenters. The van der Waals surface area contributed by atoms with E-state index in [1.165, 1.54) is 13.3 Å². The molecule has 102 valence electrons. The van der Waals surface area contributed by atoms with Crippen molar-refractivity contribution >= 4 is 28.8 Å². The maximum absolute atomic E-state index is 12.0. The first-order chi connectivity index (χ1) is 8.56. The predicted molar refractivity (Wildman–Crippen MR) is 68.8 cm³/mol. The minimum absolute atomic E-state index is 0.171. The number of hydrogen-bond acceptors (Lipinski definition) is 6. The van der Waals surface area contributed by atoms with E-state index in [1.807, 2.05) is 4.31 Å². The molecular formula is C12H19NO4S. The van der Waals surface area contributed by atoms with Crippen molar-refractivity contribution < 1.29 is 19.1 Å². The van der Waals surface area contributed by atoms with E-state index in [0.29, 0.717) is 0 Å².